The summed E-state index contributed by atoms with van der Waals surface area (Å²) in [6.07, 6.45) is 6.08. The topological polar surface area (TPSA) is 33.1 Å². The lowest BCUT2D eigenvalue weighted by atomic mass is 9.85. The van der Waals surface area contributed by atoms with Crippen molar-refractivity contribution in [2.75, 3.05) is 0 Å². The van der Waals surface area contributed by atoms with E-state index in [1.807, 2.05) is 19.9 Å². The molecule has 0 amide bonds. The molecule has 2 heteroatoms. The first-order valence-electron chi connectivity index (χ1n) is 5.27. The van der Waals surface area contributed by atoms with E-state index in [1.54, 1.807) is 12.4 Å². The molecule has 0 aliphatic carbocycles. The highest BCUT2D eigenvalue weighted by molar-refractivity contribution is 5.27. The van der Waals surface area contributed by atoms with Gasteiger partial charge >= 0.3 is 0 Å². The van der Waals surface area contributed by atoms with Crippen molar-refractivity contribution in [2.45, 2.75) is 45.6 Å². The van der Waals surface area contributed by atoms with Crippen LogP contribution in [0, 0.1) is 6.92 Å². The van der Waals surface area contributed by atoms with Crippen molar-refractivity contribution in [3.05, 3.63) is 29.6 Å². The molecule has 0 saturated heterocycles. The molecular weight excluding hydrogens is 174 g/mol. The molecule has 1 aromatic rings. The summed E-state index contributed by atoms with van der Waals surface area (Å²) in [5.41, 5.74) is 1.41. The molecule has 0 fully saturated rings. The third-order valence-corrected chi connectivity index (χ3v) is 2.79. The van der Waals surface area contributed by atoms with Gasteiger partial charge in [-0.25, -0.2) is 0 Å². The second-order valence-corrected chi connectivity index (χ2v) is 3.83. The van der Waals surface area contributed by atoms with Gasteiger partial charge in [-0.1, -0.05) is 20.3 Å². The van der Waals surface area contributed by atoms with Crippen molar-refractivity contribution in [1.29, 1.82) is 0 Å². The third-order valence-electron chi connectivity index (χ3n) is 2.79. The van der Waals surface area contributed by atoms with Crippen molar-refractivity contribution in [2.24, 2.45) is 0 Å². The molecular formula is C12H19NO. The van der Waals surface area contributed by atoms with Gasteiger partial charge in [0.1, 0.15) is 0 Å². The van der Waals surface area contributed by atoms with Crippen LogP contribution in [0.1, 0.15) is 44.2 Å². The Bertz CT molecular complexity index is 298. The maximum absolute atomic E-state index is 10.4. The van der Waals surface area contributed by atoms with E-state index < -0.39 is 5.60 Å². The van der Waals surface area contributed by atoms with Crippen molar-refractivity contribution in [3.8, 4) is 0 Å². The standard InChI is InChI=1S/C12H19NO/c1-4-7-12(14,5-2)11-9-13-8-6-10(11)3/h6,8-9,14H,4-5,7H2,1-3H3. The van der Waals surface area contributed by atoms with Crippen LogP contribution in [0.5, 0.6) is 0 Å². The van der Waals surface area contributed by atoms with Crippen LogP contribution >= 0.6 is 0 Å². The first-order valence-corrected chi connectivity index (χ1v) is 5.27. The molecule has 1 atom stereocenters. The Morgan fingerprint density at radius 3 is 2.64 bits per heavy atom. The zero-order valence-electron chi connectivity index (χ0n) is 9.25. The lowest BCUT2D eigenvalue weighted by Crippen LogP contribution is -2.25. The monoisotopic (exact) mass is 193 g/mol. The summed E-state index contributed by atoms with van der Waals surface area (Å²) in [5, 5.41) is 10.4. The quantitative estimate of drug-likeness (QED) is 0.797. The van der Waals surface area contributed by atoms with Gasteiger partial charge in [-0.15, -0.1) is 0 Å². The Kier molecular flexibility index (Phi) is 3.64. The number of aryl methyl sites for hydroxylation is 1. The van der Waals surface area contributed by atoms with Crippen LogP contribution in [0.3, 0.4) is 0 Å². The predicted octanol–water partition coefficient (Wildman–Crippen LogP) is 2.79. The minimum absolute atomic E-state index is 0.687. The first kappa shape index (κ1) is 11.2. The largest absolute Gasteiger partial charge is 0.385 e. The second kappa shape index (κ2) is 4.56. The summed E-state index contributed by atoms with van der Waals surface area (Å²) < 4.78 is 0. The van der Waals surface area contributed by atoms with Crippen molar-refractivity contribution in [1.82, 2.24) is 4.98 Å². The van der Waals surface area contributed by atoms with Crippen LogP contribution in [0.4, 0.5) is 0 Å². The Balaban J connectivity index is 3.05. The molecule has 0 spiro atoms. The van der Waals surface area contributed by atoms with Gasteiger partial charge < -0.3 is 5.11 Å². The highest BCUT2D eigenvalue weighted by Crippen LogP contribution is 2.31. The predicted molar refractivity (Wildman–Crippen MR) is 58.1 cm³/mol. The number of nitrogens with zero attached hydrogens (tertiary/aromatic N) is 1. The zero-order valence-corrected chi connectivity index (χ0v) is 9.25. The Morgan fingerprint density at radius 2 is 2.14 bits per heavy atom. The average Bonchev–Trinajstić information content (AvgIpc) is 2.18. The van der Waals surface area contributed by atoms with Gasteiger partial charge in [-0.05, 0) is 31.4 Å². The molecule has 0 saturated carbocycles. The highest BCUT2D eigenvalue weighted by Gasteiger charge is 2.27. The Morgan fingerprint density at radius 1 is 1.43 bits per heavy atom. The van der Waals surface area contributed by atoms with Gasteiger partial charge in [0.05, 0.1) is 5.60 Å². The van der Waals surface area contributed by atoms with Crippen molar-refractivity contribution in [3.63, 3.8) is 0 Å². The van der Waals surface area contributed by atoms with Gasteiger partial charge in [-0.3, -0.25) is 4.98 Å². The first-order chi connectivity index (χ1) is 6.64. The maximum atomic E-state index is 10.4. The van der Waals surface area contributed by atoms with E-state index in [0.29, 0.717) is 0 Å². The molecule has 1 rings (SSSR count). The summed E-state index contributed by atoms with van der Waals surface area (Å²) in [5.74, 6) is 0. The van der Waals surface area contributed by atoms with E-state index in [1.165, 1.54) is 0 Å². The van der Waals surface area contributed by atoms with Crippen molar-refractivity contribution < 1.29 is 5.11 Å². The van der Waals surface area contributed by atoms with E-state index in [0.717, 1.165) is 30.4 Å². The number of aromatic nitrogens is 1. The van der Waals surface area contributed by atoms with Crippen molar-refractivity contribution >= 4 is 0 Å². The number of rotatable bonds is 4. The fourth-order valence-corrected chi connectivity index (χ4v) is 1.87. The third kappa shape index (κ3) is 2.13. The molecule has 0 aliphatic heterocycles. The molecule has 2 nitrogen and oxygen atoms in total. The van der Waals surface area contributed by atoms with Crippen LogP contribution in [0.15, 0.2) is 18.5 Å². The van der Waals surface area contributed by atoms with Crippen LogP contribution in [0.2, 0.25) is 0 Å². The number of pyridine rings is 1. The summed E-state index contributed by atoms with van der Waals surface area (Å²) in [7, 11) is 0. The van der Waals surface area contributed by atoms with Gasteiger partial charge in [0.2, 0.25) is 0 Å². The van der Waals surface area contributed by atoms with E-state index in [9.17, 15) is 5.11 Å². The molecule has 0 radical (unpaired) electrons. The molecule has 0 aliphatic rings. The average molecular weight is 193 g/mol. The molecule has 1 aromatic heterocycles. The van der Waals surface area contributed by atoms with E-state index >= 15 is 0 Å². The van der Waals surface area contributed by atoms with Gasteiger partial charge in [0, 0.05) is 18.0 Å². The van der Waals surface area contributed by atoms with Crippen LogP contribution < -0.4 is 0 Å². The minimum atomic E-state index is -0.687. The van der Waals surface area contributed by atoms with Gasteiger partial charge in [-0.2, -0.15) is 0 Å². The summed E-state index contributed by atoms with van der Waals surface area (Å²) in [6.45, 7) is 6.13. The minimum Gasteiger partial charge on any atom is -0.385 e. The zero-order chi connectivity index (χ0) is 10.6. The number of aliphatic hydroxyl groups is 1. The fourth-order valence-electron chi connectivity index (χ4n) is 1.87. The number of hydrogen-bond donors (Lipinski definition) is 1. The Labute approximate surface area is 86.0 Å². The highest BCUT2D eigenvalue weighted by atomic mass is 16.3. The summed E-state index contributed by atoms with van der Waals surface area (Å²) in [6, 6.07) is 1.95. The molecule has 14 heavy (non-hydrogen) atoms. The summed E-state index contributed by atoms with van der Waals surface area (Å²) >= 11 is 0. The second-order valence-electron chi connectivity index (χ2n) is 3.83. The van der Waals surface area contributed by atoms with Gasteiger partial charge in [0.25, 0.3) is 0 Å². The lowest BCUT2D eigenvalue weighted by molar-refractivity contribution is 0.0217. The molecule has 78 valence electrons. The molecule has 1 unspecified atom stereocenters. The molecule has 0 aromatic carbocycles. The van der Waals surface area contributed by atoms with E-state index in [2.05, 4.69) is 11.9 Å². The SMILES string of the molecule is CCCC(O)(CC)c1cnccc1C. The van der Waals surface area contributed by atoms with E-state index in [4.69, 9.17) is 0 Å². The molecule has 1 heterocycles. The molecule has 0 bridgehead atoms. The molecule has 1 N–H and O–H groups in total. The number of hydrogen-bond acceptors (Lipinski definition) is 2. The van der Waals surface area contributed by atoms with E-state index in [-0.39, 0.29) is 0 Å². The lowest BCUT2D eigenvalue weighted by Gasteiger charge is -2.28. The smallest absolute Gasteiger partial charge is 0.0911 e. The summed E-state index contributed by atoms with van der Waals surface area (Å²) in [4.78, 5) is 4.08. The van der Waals surface area contributed by atoms with Crippen LogP contribution in [-0.2, 0) is 5.60 Å². The van der Waals surface area contributed by atoms with Gasteiger partial charge in [0.15, 0.2) is 0 Å². The fraction of sp³-hybridized carbons (Fsp3) is 0.583. The normalized spacial score (nSPS) is 15.1. The van der Waals surface area contributed by atoms with Crippen LogP contribution in [-0.4, -0.2) is 10.1 Å². The Hall–Kier alpha value is -0.890. The van der Waals surface area contributed by atoms with Crippen LogP contribution in [0.25, 0.3) is 0 Å². The maximum Gasteiger partial charge on any atom is 0.0911 e.